The van der Waals surface area contributed by atoms with E-state index in [2.05, 4.69) is 41.2 Å². The maximum atomic E-state index is 12.6. The third kappa shape index (κ3) is 3.27. The van der Waals surface area contributed by atoms with E-state index in [9.17, 15) is 4.79 Å². The third-order valence-electron chi connectivity index (χ3n) is 3.81. The summed E-state index contributed by atoms with van der Waals surface area (Å²) in [6.07, 6.45) is 7.89. The Kier molecular flexibility index (Phi) is 3.95. The monoisotopic (exact) mass is 281 g/mol. The summed E-state index contributed by atoms with van der Waals surface area (Å²) >= 11 is 0. The van der Waals surface area contributed by atoms with Gasteiger partial charge in [0, 0.05) is 25.0 Å². The zero-order valence-corrected chi connectivity index (χ0v) is 12.2. The normalized spacial score (nSPS) is 14.0. The minimum Gasteiger partial charge on any atom is -0.330 e. The van der Waals surface area contributed by atoms with Crippen LogP contribution in [0.15, 0.2) is 42.9 Å². The molecule has 2 aromatic rings. The van der Waals surface area contributed by atoms with Crippen LogP contribution >= 0.6 is 0 Å². The number of benzene rings is 1. The molecule has 0 atom stereocenters. The van der Waals surface area contributed by atoms with Crippen LogP contribution in [0.5, 0.6) is 0 Å². The lowest BCUT2D eigenvalue weighted by Gasteiger charge is -2.22. The first-order valence-electron chi connectivity index (χ1n) is 7.42. The first kappa shape index (κ1) is 13.7. The minimum atomic E-state index is -0.0230. The van der Waals surface area contributed by atoms with E-state index in [1.807, 2.05) is 4.90 Å². The number of aromatic nitrogens is 2. The standard InChI is InChI=1S/C17H19N3O/c1-2-13-3-5-14(6-4-13)12-20(15-7-8-15)17(21)16-11-18-9-10-19-16/h3-6,9-11,15H,2,7-8,12H2,1H3. The Morgan fingerprint density at radius 3 is 2.48 bits per heavy atom. The number of aryl methyl sites for hydroxylation is 1. The van der Waals surface area contributed by atoms with E-state index in [-0.39, 0.29) is 5.91 Å². The maximum Gasteiger partial charge on any atom is 0.274 e. The molecule has 1 aliphatic carbocycles. The number of amides is 1. The van der Waals surface area contributed by atoms with Gasteiger partial charge >= 0.3 is 0 Å². The number of carbonyl (C=O) groups is 1. The first-order chi connectivity index (χ1) is 10.3. The van der Waals surface area contributed by atoms with Crippen LogP contribution in [0.3, 0.4) is 0 Å². The fourth-order valence-electron chi connectivity index (χ4n) is 2.39. The zero-order valence-electron chi connectivity index (χ0n) is 12.2. The van der Waals surface area contributed by atoms with E-state index < -0.39 is 0 Å². The molecule has 0 bridgehead atoms. The average molecular weight is 281 g/mol. The van der Waals surface area contributed by atoms with Crippen molar-refractivity contribution in [3.05, 3.63) is 59.7 Å². The van der Waals surface area contributed by atoms with Gasteiger partial charge in [-0.2, -0.15) is 0 Å². The molecule has 1 saturated carbocycles. The smallest absolute Gasteiger partial charge is 0.274 e. The van der Waals surface area contributed by atoms with Crippen LogP contribution in [0.4, 0.5) is 0 Å². The Bertz CT molecular complexity index is 606. The Labute approximate surface area is 124 Å². The Morgan fingerprint density at radius 1 is 1.19 bits per heavy atom. The predicted octanol–water partition coefficient (Wildman–Crippen LogP) is 2.84. The number of rotatable bonds is 5. The largest absolute Gasteiger partial charge is 0.330 e. The van der Waals surface area contributed by atoms with E-state index in [1.54, 1.807) is 12.4 Å². The van der Waals surface area contributed by atoms with E-state index >= 15 is 0 Å². The van der Waals surface area contributed by atoms with Crippen molar-refractivity contribution in [2.24, 2.45) is 0 Å². The molecule has 1 aliphatic rings. The van der Waals surface area contributed by atoms with Crippen molar-refractivity contribution in [1.82, 2.24) is 14.9 Å². The quantitative estimate of drug-likeness (QED) is 0.846. The van der Waals surface area contributed by atoms with Gasteiger partial charge in [-0.25, -0.2) is 4.98 Å². The first-order valence-corrected chi connectivity index (χ1v) is 7.42. The summed E-state index contributed by atoms with van der Waals surface area (Å²) in [7, 11) is 0. The van der Waals surface area contributed by atoms with Gasteiger partial charge < -0.3 is 4.90 Å². The zero-order chi connectivity index (χ0) is 14.7. The van der Waals surface area contributed by atoms with Crippen molar-refractivity contribution < 1.29 is 4.79 Å². The van der Waals surface area contributed by atoms with Crippen molar-refractivity contribution in [1.29, 1.82) is 0 Å². The Balaban J connectivity index is 1.77. The molecule has 1 heterocycles. The summed E-state index contributed by atoms with van der Waals surface area (Å²) in [5.74, 6) is -0.0230. The van der Waals surface area contributed by atoms with Crippen LogP contribution < -0.4 is 0 Å². The molecule has 0 saturated heterocycles. The fourth-order valence-corrected chi connectivity index (χ4v) is 2.39. The number of carbonyl (C=O) groups excluding carboxylic acids is 1. The van der Waals surface area contributed by atoms with Crippen LogP contribution in [0.25, 0.3) is 0 Å². The van der Waals surface area contributed by atoms with E-state index in [1.165, 1.54) is 11.8 Å². The summed E-state index contributed by atoms with van der Waals surface area (Å²) < 4.78 is 0. The van der Waals surface area contributed by atoms with Gasteiger partial charge in [-0.05, 0) is 30.4 Å². The fraction of sp³-hybridized carbons (Fsp3) is 0.353. The van der Waals surface area contributed by atoms with Gasteiger partial charge in [-0.1, -0.05) is 31.2 Å². The maximum absolute atomic E-state index is 12.6. The molecule has 3 rings (SSSR count). The molecule has 1 amide bonds. The summed E-state index contributed by atoms with van der Waals surface area (Å²) in [5.41, 5.74) is 2.91. The van der Waals surface area contributed by atoms with Gasteiger partial charge in [0.1, 0.15) is 5.69 Å². The van der Waals surface area contributed by atoms with Gasteiger partial charge in [0.2, 0.25) is 0 Å². The lowest BCUT2D eigenvalue weighted by molar-refractivity contribution is 0.0723. The van der Waals surface area contributed by atoms with Crippen molar-refractivity contribution in [3.63, 3.8) is 0 Å². The van der Waals surface area contributed by atoms with E-state index in [0.717, 1.165) is 24.8 Å². The van der Waals surface area contributed by atoms with Gasteiger partial charge in [0.25, 0.3) is 5.91 Å². The molecule has 4 nitrogen and oxygen atoms in total. The van der Waals surface area contributed by atoms with Crippen LogP contribution in [0, 0.1) is 0 Å². The molecule has 0 aliphatic heterocycles. The summed E-state index contributed by atoms with van der Waals surface area (Å²) in [6, 6.07) is 8.84. The van der Waals surface area contributed by atoms with Crippen LogP contribution in [-0.4, -0.2) is 26.8 Å². The van der Waals surface area contributed by atoms with Crippen molar-refractivity contribution in [3.8, 4) is 0 Å². The van der Waals surface area contributed by atoms with Crippen LogP contribution in [0.2, 0.25) is 0 Å². The minimum absolute atomic E-state index is 0.0230. The highest BCUT2D eigenvalue weighted by molar-refractivity contribution is 5.92. The molecular weight excluding hydrogens is 262 g/mol. The molecule has 1 aromatic heterocycles. The van der Waals surface area contributed by atoms with Crippen molar-refractivity contribution in [2.45, 2.75) is 38.8 Å². The third-order valence-corrected chi connectivity index (χ3v) is 3.81. The van der Waals surface area contributed by atoms with Crippen molar-refractivity contribution >= 4 is 5.91 Å². The molecule has 0 unspecified atom stereocenters. The molecule has 4 heteroatoms. The topological polar surface area (TPSA) is 46.1 Å². The van der Waals surface area contributed by atoms with Crippen LogP contribution in [-0.2, 0) is 13.0 Å². The number of hydrogen-bond acceptors (Lipinski definition) is 3. The molecule has 0 N–H and O–H groups in total. The van der Waals surface area contributed by atoms with Crippen molar-refractivity contribution in [2.75, 3.05) is 0 Å². The second kappa shape index (κ2) is 6.04. The van der Waals surface area contributed by atoms with Gasteiger partial charge in [0.05, 0.1) is 6.20 Å². The lowest BCUT2D eigenvalue weighted by Crippen LogP contribution is -2.33. The van der Waals surface area contributed by atoms with Gasteiger partial charge in [-0.3, -0.25) is 9.78 Å². The average Bonchev–Trinajstić information content (AvgIpc) is 3.38. The SMILES string of the molecule is CCc1ccc(CN(C(=O)c2cnccn2)C2CC2)cc1. The molecule has 1 fully saturated rings. The number of nitrogens with zero attached hydrogens (tertiary/aromatic N) is 3. The summed E-state index contributed by atoms with van der Waals surface area (Å²) in [4.78, 5) is 22.6. The van der Waals surface area contributed by atoms with E-state index in [4.69, 9.17) is 0 Å². The Hall–Kier alpha value is -2.23. The van der Waals surface area contributed by atoms with Crippen LogP contribution in [0.1, 0.15) is 41.4 Å². The molecular formula is C17H19N3O. The highest BCUT2D eigenvalue weighted by Crippen LogP contribution is 2.29. The second-order valence-corrected chi connectivity index (χ2v) is 5.42. The molecule has 21 heavy (non-hydrogen) atoms. The molecule has 0 spiro atoms. The molecule has 108 valence electrons. The molecule has 0 radical (unpaired) electrons. The second-order valence-electron chi connectivity index (χ2n) is 5.42. The van der Waals surface area contributed by atoms with Gasteiger partial charge in [-0.15, -0.1) is 0 Å². The highest BCUT2D eigenvalue weighted by atomic mass is 16.2. The van der Waals surface area contributed by atoms with Gasteiger partial charge in [0.15, 0.2) is 0 Å². The highest BCUT2D eigenvalue weighted by Gasteiger charge is 2.33. The Morgan fingerprint density at radius 2 is 1.90 bits per heavy atom. The lowest BCUT2D eigenvalue weighted by atomic mass is 10.1. The predicted molar refractivity (Wildman–Crippen MR) is 80.7 cm³/mol. The summed E-state index contributed by atoms with van der Waals surface area (Å²) in [5, 5.41) is 0. The molecule has 1 aromatic carbocycles. The van der Waals surface area contributed by atoms with E-state index in [0.29, 0.717) is 18.3 Å². The number of hydrogen-bond donors (Lipinski definition) is 0. The summed E-state index contributed by atoms with van der Waals surface area (Å²) in [6.45, 7) is 2.78.